The Hall–Kier alpha value is -0.200. The molecule has 0 aliphatic rings. The molecule has 0 aromatic rings. The van der Waals surface area contributed by atoms with E-state index >= 15 is 0 Å². The fourth-order valence-corrected chi connectivity index (χ4v) is 0. The highest BCUT2D eigenvalue weighted by molar-refractivity contribution is 7.80. The van der Waals surface area contributed by atoms with E-state index < -0.39 is 10.4 Å². The van der Waals surface area contributed by atoms with Gasteiger partial charge in [0, 0.05) is 0 Å². The van der Waals surface area contributed by atoms with Crippen LogP contribution in [0.25, 0.3) is 0 Å². The van der Waals surface area contributed by atoms with E-state index in [4.69, 9.17) is 13.0 Å². The molecule has 0 aromatic carbocycles. The summed E-state index contributed by atoms with van der Waals surface area (Å²) in [4.78, 5) is 0. The molecule has 0 bridgehead atoms. The third-order valence-electron chi connectivity index (χ3n) is 0.0772. The molecule has 0 fully saturated rings. The second-order valence-electron chi connectivity index (χ2n) is 0.471. The number of halogens is 1. The minimum Gasteiger partial charge on any atom is -0.724 e. The van der Waals surface area contributed by atoms with Crippen LogP contribution in [0.4, 0.5) is 4.53 Å². The Kier molecular flexibility index (Phi) is 1.45. The van der Waals surface area contributed by atoms with E-state index in [1.54, 1.807) is 0 Å². The standard InChI is InChI=1S/FHO4S/c1-5-6(2,3)4/h(H,2,3,4)/p-1. The van der Waals surface area contributed by atoms with E-state index in [9.17, 15) is 4.53 Å². The van der Waals surface area contributed by atoms with Crippen LogP contribution in [0.1, 0.15) is 0 Å². The van der Waals surface area contributed by atoms with Crippen LogP contribution in [-0.2, 0) is 14.8 Å². The van der Waals surface area contributed by atoms with Crippen LogP contribution in [0.15, 0.2) is 0 Å². The predicted molar refractivity (Wildman–Crippen MR) is 11.9 cm³/mol. The van der Waals surface area contributed by atoms with E-state index in [1.165, 1.54) is 0 Å². The van der Waals surface area contributed by atoms with Crippen LogP contribution >= 0.6 is 0 Å². The number of hydrogen-bond donors (Lipinski definition) is 0. The lowest BCUT2D eigenvalue weighted by Crippen LogP contribution is -1.94. The Bertz CT molecular complexity index is 110. The molecule has 0 saturated heterocycles. The molecule has 0 unspecified atom stereocenters. The number of hydrogen-bond acceptors (Lipinski definition) is 4. The zero-order valence-corrected chi connectivity index (χ0v) is 3.24. The van der Waals surface area contributed by atoms with Crippen LogP contribution < -0.4 is 0 Å². The van der Waals surface area contributed by atoms with Gasteiger partial charge in [-0.05, 0) is 4.53 Å². The summed E-state index contributed by atoms with van der Waals surface area (Å²) in [6.45, 7) is 0. The second-order valence-corrected chi connectivity index (χ2v) is 1.41. The molecule has 6 heavy (non-hydrogen) atoms. The zero-order chi connectivity index (χ0) is 5.21. The Morgan fingerprint density at radius 1 is 1.67 bits per heavy atom. The Labute approximate surface area is 33.4 Å². The average molecular weight is 115 g/mol. The van der Waals surface area contributed by atoms with Gasteiger partial charge in [-0.2, -0.15) is 0 Å². The summed E-state index contributed by atoms with van der Waals surface area (Å²) < 4.78 is 38.5. The van der Waals surface area contributed by atoms with E-state index in [1.807, 2.05) is 4.39 Å². The molecule has 4 nitrogen and oxygen atoms in total. The van der Waals surface area contributed by atoms with Gasteiger partial charge >= 0.3 is 0 Å². The van der Waals surface area contributed by atoms with Crippen molar-refractivity contribution in [2.45, 2.75) is 0 Å². The fraction of sp³-hybridized carbons (Fsp3) is 0. The van der Waals surface area contributed by atoms with Crippen molar-refractivity contribution in [3.05, 3.63) is 0 Å². The molecular weight excluding hydrogens is 115 g/mol. The van der Waals surface area contributed by atoms with Gasteiger partial charge < -0.3 is 4.55 Å². The van der Waals surface area contributed by atoms with Gasteiger partial charge in [0.2, 0.25) is 10.4 Å². The third kappa shape index (κ3) is 3.80. The van der Waals surface area contributed by atoms with Crippen molar-refractivity contribution in [3.8, 4) is 0 Å². The SMILES string of the molecule is O=S(=O)([O-])OF. The van der Waals surface area contributed by atoms with E-state index in [2.05, 4.69) is 0 Å². The van der Waals surface area contributed by atoms with Crippen LogP contribution in [0.2, 0.25) is 0 Å². The highest BCUT2D eigenvalue weighted by Crippen LogP contribution is 1.81. The van der Waals surface area contributed by atoms with Crippen molar-refractivity contribution in [3.63, 3.8) is 0 Å². The lowest BCUT2D eigenvalue weighted by molar-refractivity contribution is -0.0128. The smallest absolute Gasteiger partial charge is 0.250 e. The van der Waals surface area contributed by atoms with Crippen molar-refractivity contribution < 1.29 is 21.9 Å². The van der Waals surface area contributed by atoms with Gasteiger partial charge in [-0.25, -0.2) is 8.42 Å². The highest BCUT2D eigenvalue weighted by Gasteiger charge is 1.85. The third-order valence-corrected chi connectivity index (χ3v) is 0.231. The maximum atomic E-state index is 10.1. The minimum absolute atomic E-state index is 1.85. The van der Waals surface area contributed by atoms with Gasteiger partial charge in [0.15, 0.2) is 0 Å². The van der Waals surface area contributed by atoms with Crippen molar-refractivity contribution in [2.75, 3.05) is 0 Å². The first kappa shape index (κ1) is 5.80. The molecule has 0 saturated carbocycles. The first-order valence-corrected chi connectivity index (χ1v) is 2.15. The molecule has 0 aliphatic heterocycles. The Balaban J connectivity index is 3.85. The van der Waals surface area contributed by atoms with E-state index in [0.717, 1.165) is 0 Å². The van der Waals surface area contributed by atoms with Gasteiger partial charge in [0.25, 0.3) is 0 Å². The molecule has 0 amide bonds. The molecule has 0 N–H and O–H groups in total. The highest BCUT2D eigenvalue weighted by atomic mass is 32.3. The topological polar surface area (TPSA) is 66.4 Å². The summed E-state index contributed by atoms with van der Waals surface area (Å²) in [6.07, 6.45) is 0. The van der Waals surface area contributed by atoms with Crippen molar-refractivity contribution in [1.29, 1.82) is 0 Å². The quantitative estimate of drug-likeness (QED) is 0.336. The second kappa shape index (κ2) is 1.50. The monoisotopic (exact) mass is 115 g/mol. The lowest BCUT2D eigenvalue weighted by Gasteiger charge is -1.92. The molecule has 38 valence electrons. The Morgan fingerprint density at radius 2 is 1.83 bits per heavy atom. The van der Waals surface area contributed by atoms with Crippen molar-refractivity contribution >= 4 is 10.4 Å². The molecule has 0 aromatic heterocycles. The molecule has 0 radical (unpaired) electrons. The summed E-state index contributed by atoms with van der Waals surface area (Å²) in [5.41, 5.74) is 0. The maximum absolute atomic E-state index is 10.1. The van der Waals surface area contributed by atoms with Crippen molar-refractivity contribution in [1.82, 2.24) is 0 Å². The number of rotatable bonds is 1. The lowest BCUT2D eigenvalue weighted by atomic mass is 15.6. The summed E-state index contributed by atoms with van der Waals surface area (Å²) in [7, 11) is -5.08. The molecule has 0 spiro atoms. The molecule has 6 heteroatoms. The van der Waals surface area contributed by atoms with Crippen LogP contribution in [0, 0.1) is 0 Å². The zero-order valence-electron chi connectivity index (χ0n) is 2.42. The largest absolute Gasteiger partial charge is 0.724 e. The van der Waals surface area contributed by atoms with Crippen LogP contribution in [0.3, 0.4) is 0 Å². The van der Waals surface area contributed by atoms with E-state index in [0.29, 0.717) is 0 Å². The van der Waals surface area contributed by atoms with Gasteiger partial charge in [-0.15, -0.1) is 0 Å². The predicted octanol–water partition coefficient (Wildman–Crippen LogP) is -0.652. The first-order chi connectivity index (χ1) is 2.56. The van der Waals surface area contributed by atoms with Gasteiger partial charge in [-0.1, -0.05) is 4.39 Å². The van der Waals surface area contributed by atoms with Crippen LogP contribution in [-0.4, -0.2) is 13.0 Å². The maximum Gasteiger partial charge on any atom is 0.250 e. The summed E-state index contributed by atoms with van der Waals surface area (Å²) in [5, 5.41) is 0. The normalized spacial score (nSPS) is 11.7. The fourth-order valence-electron chi connectivity index (χ4n) is 0. The van der Waals surface area contributed by atoms with Gasteiger partial charge in [0.1, 0.15) is 0 Å². The minimum atomic E-state index is -5.08. The Morgan fingerprint density at radius 3 is 1.83 bits per heavy atom. The molecule has 0 atom stereocenters. The average Bonchev–Trinajstić information content (AvgIpc) is 1.35. The van der Waals surface area contributed by atoms with Gasteiger partial charge in [-0.3, -0.25) is 0 Å². The molecule has 0 rings (SSSR count). The summed E-state index contributed by atoms with van der Waals surface area (Å²) in [6, 6.07) is 0. The summed E-state index contributed by atoms with van der Waals surface area (Å²) in [5.74, 6) is 0. The molecule has 0 aliphatic carbocycles. The molecule has 0 heterocycles. The van der Waals surface area contributed by atoms with Crippen molar-refractivity contribution in [2.24, 2.45) is 0 Å². The van der Waals surface area contributed by atoms with E-state index in [-0.39, 0.29) is 0 Å². The first-order valence-electron chi connectivity index (χ1n) is 0.821. The summed E-state index contributed by atoms with van der Waals surface area (Å²) >= 11 is 0. The van der Waals surface area contributed by atoms with Crippen LogP contribution in [0.5, 0.6) is 0 Å². The van der Waals surface area contributed by atoms with Gasteiger partial charge in [0.05, 0.1) is 0 Å². The molecular formula is FO4S-.